The van der Waals surface area contributed by atoms with Crippen molar-refractivity contribution < 1.29 is 39.6 Å². The van der Waals surface area contributed by atoms with Crippen molar-refractivity contribution in [2.24, 2.45) is 16.6 Å². The number of phenolic OH excluding ortho intramolecular Hbond substituents is 1. The molecule has 0 radical (unpaired) electrons. The highest BCUT2D eigenvalue weighted by atomic mass is 16.3. The van der Waals surface area contributed by atoms with Crippen molar-refractivity contribution in [3.05, 3.63) is 75.3 Å². The number of benzene rings is 1. The largest absolute Gasteiger partial charge is 0.508 e. The fourth-order valence-electron chi connectivity index (χ4n) is 9.12. The van der Waals surface area contributed by atoms with Crippen LogP contribution in [0, 0.1) is 10.8 Å². The summed E-state index contributed by atoms with van der Waals surface area (Å²) in [6.45, 7) is 5.82. The lowest BCUT2D eigenvalue weighted by Crippen LogP contribution is -2.72. The number of carbonyl (C=O) groups is 4. The molecule has 1 aromatic heterocycles. The lowest BCUT2D eigenvalue weighted by Gasteiger charge is -2.59. The number of piperidine rings is 1. The molecule has 2 fully saturated rings. The molecule has 2 heterocycles. The molecule has 6 rings (SSSR count). The van der Waals surface area contributed by atoms with Crippen molar-refractivity contribution in [3.8, 4) is 5.75 Å². The van der Waals surface area contributed by atoms with E-state index in [9.17, 15) is 39.6 Å². The van der Waals surface area contributed by atoms with Crippen LogP contribution in [0.25, 0.3) is 5.76 Å². The molecule has 266 valence electrons. The van der Waals surface area contributed by atoms with Crippen molar-refractivity contribution >= 4 is 29.1 Å². The molecular formula is C37H45N5O8. The van der Waals surface area contributed by atoms with Gasteiger partial charge in [0, 0.05) is 47.4 Å². The van der Waals surface area contributed by atoms with Crippen LogP contribution in [-0.2, 0) is 33.8 Å². The molecule has 0 unspecified atom stereocenters. The topological polar surface area (TPSA) is 207 Å². The van der Waals surface area contributed by atoms with E-state index in [4.69, 9.17) is 5.73 Å². The maximum Gasteiger partial charge on any atom is 0.255 e. The molecule has 1 aromatic carbocycles. The number of aliphatic hydroxyl groups excluding tert-OH is 2. The van der Waals surface area contributed by atoms with E-state index < -0.39 is 62.9 Å². The number of nitrogens with two attached hydrogens (primary N) is 1. The Kier molecular flexibility index (Phi) is 8.90. The first-order valence-corrected chi connectivity index (χ1v) is 17.0. The number of carbonyl (C=O) groups excluding carboxylic acids is 4. The first-order valence-electron chi connectivity index (χ1n) is 17.0. The van der Waals surface area contributed by atoms with Gasteiger partial charge < -0.3 is 36.4 Å². The third-order valence-corrected chi connectivity index (χ3v) is 11.3. The van der Waals surface area contributed by atoms with Crippen molar-refractivity contribution in [2.45, 2.75) is 70.6 Å². The highest BCUT2D eigenvalue weighted by molar-refractivity contribution is 6.25. The summed E-state index contributed by atoms with van der Waals surface area (Å²) in [4.78, 5) is 61.6. The lowest BCUT2D eigenvalue weighted by molar-refractivity contribution is -0.176. The second kappa shape index (κ2) is 12.6. The fourth-order valence-corrected chi connectivity index (χ4v) is 9.12. The molecule has 50 heavy (non-hydrogen) atoms. The number of ketones is 2. The molecule has 7 N–H and O–H groups in total. The summed E-state index contributed by atoms with van der Waals surface area (Å²) < 4.78 is 0. The number of rotatable bonds is 8. The molecule has 0 bridgehead atoms. The minimum absolute atomic E-state index is 0.00874. The van der Waals surface area contributed by atoms with E-state index in [1.807, 2.05) is 6.07 Å². The average Bonchev–Trinajstić information content (AvgIpc) is 3.06. The number of aliphatic hydroxyl groups is 3. The summed E-state index contributed by atoms with van der Waals surface area (Å²) in [7, 11) is 3.15. The zero-order valence-electron chi connectivity index (χ0n) is 28.9. The van der Waals surface area contributed by atoms with E-state index >= 15 is 0 Å². The predicted octanol–water partition coefficient (Wildman–Crippen LogP) is 2.10. The summed E-state index contributed by atoms with van der Waals surface area (Å²) in [6.07, 6.45) is 7.00. The molecule has 2 amide bonds. The number of aromatic hydroxyl groups is 1. The molecule has 0 spiro atoms. The summed E-state index contributed by atoms with van der Waals surface area (Å²) in [5, 5.41) is 50.3. The number of hydrogen-bond donors (Lipinski definition) is 6. The average molecular weight is 688 g/mol. The van der Waals surface area contributed by atoms with Crippen LogP contribution in [0.4, 0.5) is 0 Å². The maximum atomic E-state index is 14.7. The molecule has 1 aliphatic heterocycles. The van der Waals surface area contributed by atoms with Crippen molar-refractivity contribution in [3.63, 3.8) is 0 Å². The number of likely N-dealkylation sites (tertiary alicyclic amines) is 1. The Bertz CT molecular complexity index is 1850. The molecule has 4 atom stereocenters. The zero-order chi connectivity index (χ0) is 36.3. The van der Waals surface area contributed by atoms with Crippen LogP contribution in [-0.4, -0.2) is 104 Å². The number of hydrogen-bond acceptors (Lipinski definition) is 11. The smallest absolute Gasteiger partial charge is 0.255 e. The van der Waals surface area contributed by atoms with E-state index in [0.717, 1.165) is 38.0 Å². The van der Waals surface area contributed by atoms with Gasteiger partial charge in [0.1, 0.15) is 22.8 Å². The van der Waals surface area contributed by atoms with Crippen LogP contribution in [0.15, 0.2) is 47.5 Å². The summed E-state index contributed by atoms with van der Waals surface area (Å²) in [5.74, 6) is -5.66. The predicted molar refractivity (Wildman–Crippen MR) is 183 cm³/mol. The quantitative estimate of drug-likeness (QED) is 0.222. The van der Waals surface area contributed by atoms with Gasteiger partial charge in [-0.1, -0.05) is 20.3 Å². The Hall–Kier alpha value is -4.59. The van der Waals surface area contributed by atoms with Crippen LogP contribution in [0.5, 0.6) is 5.75 Å². The number of nitrogens with zero attached hydrogens (tertiary/aromatic N) is 3. The summed E-state index contributed by atoms with van der Waals surface area (Å²) >= 11 is 0. The van der Waals surface area contributed by atoms with Crippen molar-refractivity contribution in [1.82, 2.24) is 20.1 Å². The lowest BCUT2D eigenvalue weighted by atomic mass is 9.46. The second-order valence-electron chi connectivity index (χ2n) is 14.9. The minimum Gasteiger partial charge on any atom is -0.508 e. The van der Waals surface area contributed by atoms with E-state index in [1.165, 1.54) is 24.4 Å². The Balaban J connectivity index is 1.50. The van der Waals surface area contributed by atoms with Gasteiger partial charge in [-0.25, -0.2) is 0 Å². The third kappa shape index (κ3) is 5.30. The Morgan fingerprint density at radius 3 is 2.42 bits per heavy atom. The van der Waals surface area contributed by atoms with Gasteiger partial charge in [-0.15, -0.1) is 0 Å². The van der Waals surface area contributed by atoms with E-state index in [0.29, 0.717) is 23.1 Å². The van der Waals surface area contributed by atoms with Gasteiger partial charge in [0.15, 0.2) is 11.4 Å². The first-order chi connectivity index (χ1) is 23.6. The molecule has 13 heteroatoms. The highest BCUT2D eigenvalue weighted by Crippen LogP contribution is 2.63. The van der Waals surface area contributed by atoms with Gasteiger partial charge in [0.25, 0.3) is 11.8 Å². The van der Waals surface area contributed by atoms with Crippen LogP contribution < -0.4 is 11.1 Å². The molecule has 4 aliphatic rings. The van der Waals surface area contributed by atoms with E-state index in [2.05, 4.69) is 15.2 Å². The summed E-state index contributed by atoms with van der Waals surface area (Å²) in [5.41, 5.74) is 0.852. The molecule has 1 saturated heterocycles. The van der Waals surface area contributed by atoms with Gasteiger partial charge in [-0.3, -0.25) is 29.1 Å². The number of primary amides is 1. The molecule has 3 aliphatic carbocycles. The normalized spacial score (nSPS) is 28.3. The third-order valence-electron chi connectivity index (χ3n) is 11.3. The van der Waals surface area contributed by atoms with E-state index in [-0.39, 0.29) is 36.3 Å². The number of fused-ring (bicyclic) bond motifs is 3. The van der Waals surface area contributed by atoms with Crippen LogP contribution >= 0.6 is 0 Å². The van der Waals surface area contributed by atoms with Gasteiger partial charge in [0.05, 0.1) is 17.2 Å². The first kappa shape index (κ1) is 35.2. The van der Waals surface area contributed by atoms with Gasteiger partial charge in [-0.2, -0.15) is 0 Å². The Labute approximate surface area is 290 Å². The number of amides is 2. The number of pyridine rings is 1. The highest BCUT2D eigenvalue weighted by Gasteiger charge is 2.72. The number of likely N-dealkylation sites (N-methyl/N-ethyl adjacent to an activating group) is 1. The minimum atomic E-state index is -2.80. The van der Waals surface area contributed by atoms with Crippen LogP contribution in [0.2, 0.25) is 0 Å². The van der Waals surface area contributed by atoms with Gasteiger partial charge in [0.2, 0.25) is 5.78 Å². The Morgan fingerprint density at radius 2 is 1.80 bits per heavy atom. The van der Waals surface area contributed by atoms with Gasteiger partial charge >= 0.3 is 0 Å². The molecule has 13 nitrogen and oxygen atoms in total. The fraction of sp³-hybridized carbons (Fsp3) is 0.486. The molecule has 2 aromatic rings. The SMILES string of the molecule is CN(C)[C@@H]1C(=O)C(C(N)=O)=C(O)[C@@]2(O)C(=O)C3=C(O)c4c(O)c(CNC(=O)c5cccnc5)cc(CCN5CCCCC5)c4C[C@@]3(C)C[C@@]12C. The van der Waals surface area contributed by atoms with E-state index in [1.54, 1.807) is 39.3 Å². The van der Waals surface area contributed by atoms with Crippen LogP contribution in [0.1, 0.15) is 72.1 Å². The van der Waals surface area contributed by atoms with Gasteiger partial charge in [-0.05, 0) is 88.6 Å². The maximum absolute atomic E-state index is 14.7. The Morgan fingerprint density at radius 1 is 1.10 bits per heavy atom. The standard InChI is InChI=1S/C37H45N5O8/c1-35-16-23-20(10-14-42-12-6-5-7-13-42)15-22(18-40-34(49)21-9-8-11-39-17-21)27(43)24(23)28(44)26(35)32(47)37(50)31(46)25(33(38)48)29(45)30(41(3)4)36(37,2)19-35/h8-9,11,15,17,30,43-44,46,50H,5-7,10,12-14,16,18-19H2,1-4H3,(H2,38,48)(H,40,49)/t30-,35+,36+,37-/m1/s1. The van der Waals surface area contributed by atoms with Crippen molar-refractivity contribution in [2.75, 3.05) is 33.7 Å². The summed E-state index contributed by atoms with van der Waals surface area (Å²) in [6, 6.07) is 3.84. The number of Topliss-reactive ketones (excluding diaryl/α,β-unsaturated/α-hetero) is 2. The molecule has 1 saturated carbocycles. The van der Waals surface area contributed by atoms with Crippen molar-refractivity contribution in [1.29, 1.82) is 0 Å². The molecular weight excluding hydrogens is 642 g/mol. The number of aromatic nitrogens is 1. The number of nitrogens with one attached hydrogen (secondary N) is 1. The second-order valence-corrected chi connectivity index (χ2v) is 14.9. The number of phenols is 1. The monoisotopic (exact) mass is 687 g/mol. The zero-order valence-corrected chi connectivity index (χ0v) is 28.9. The van der Waals surface area contributed by atoms with Crippen LogP contribution in [0.3, 0.4) is 0 Å².